The number of thiazole rings is 1. The summed E-state index contributed by atoms with van der Waals surface area (Å²) in [7, 11) is 0. The van der Waals surface area contributed by atoms with Gasteiger partial charge in [0.1, 0.15) is 5.69 Å². The summed E-state index contributed by atoms with van der Waals surface area (Å²) >= 11 is 7.41. The zero-order valence-electron chi connectivity index (χ0n) is 13.3. The van der Waals surface area contributed by atoms with Crippen LogP contribution >= 0.6 is 22.9 Å². The summed E-state index contributed by atoms with van der Waals surface area (Å²) in [6, 6.07) is 7.48. The molecule has 1 saturated heterocycles. The van der Waals surface area contributed by atoms with Crippen molar-refractivity contribution >= 4 is 34.8 Å². The number of rotatable bonds is 5. The number of hydrogen-bond donors (Lipinski definition) is 1. The number of amides is 2. The van der Waals surface area contributed by atoms with Gasteiger partial charge in [-0.1, -0.05) is 23.7 Å². The Kier molecular flexibility index (Phi) is 5.16. The van der Waals surface area contributed by atoms with Gasteiger partial charge in [0.15, 0.2) is 0 Å². The van der Waals surface area contributed by atoms with Gasteiger partial charge in [0.05, 0.1) is 11.0 Å². The molecule has 1 atom stereocenters. The van der Waals surface area contributed by atoms with Crippen molar-refractivity contribution < 1.29 is 9.59 Å². The van der Waals surface area contributed by atoms with Crippen molar-refractivity contribution in [2.75, 3.05) is 13.1 Å². The minimum absolute atomic E-state index is 0.0665. The van der Waals surface area contributed by atoms with E-state index in [9.17, 15) is 9.59 Å². The van der Waals surface area contributed by atoms with Crippen molar-refractivity contribution in [3.8, 4) is 0 Å². The lowest BCUT2D eigenvalue weighted by Crippen LogP contribution is -2.37. The second-order valence-electron chi connectivity index (χ2n) is 5.85. The van der Waals surface area contributed by atoms with Crippen LogP contribution in [0, 0.1) is 6.92 Å². The van der Waals surface area contributed by atoms with Crippen LogP contribution in [-0.4, -0.2) is 40.8 Å². The van der Waals surface area contributed by atoms with Gasteiger partial charge in [-0.3, -0.25) is 9.59 Å². The molecule has 2 amide bonds. The van der Waals surface area contributed by atoms with E-state index in [4.69, 9.17) is 11.6 Å². The fourth-order valence-corrected chi connectivity index (χ4v) is 3.57. The number of nitrogens with zero attached hydrogens (tertiary/aromatic N) is 2. The van der Waals surface area contributed by atoms with E-state index in [0.717, 1.165) is 17.0 Å². The number of carbonyl (C=O) groups is 2. The molecule has 0 spiro atoms. The highest BCUT2D eigenvalue weighted by molar-refractivity contribution is 7.09. The molecule has 1 aliphatic heterocycles. The molecule has 1 aromatic carbocycles. The zero-order chi connectivity index (χ0) is 17.1. The van der Waals surface area contributed by atoms with Crippen LogP contribution in [0.4, 0.5) is 0 Å². The Labute approximate surface area is 149 Å². The highest BCUT2D eigenvalue weighted by atomic mass is 35.5. The number of aromatic nitrogens is 1. The summed E-state index contributed by atoms with van der Waals surface area (Å²) in [5, 5.41) is 6.18. The lowest BCUT2D eigenvalue weighted by Gasteiger charge is -2.17. The molecular formula is C17H18ClN3O2S. The first-order chi connectivity index (χ1) is 11.5. The third-order valence-corrected chi connectivity index (χ3v) is 4.97. The highest BCUT2D eigenvalue weighted by Crippen LogP contribution is 2.16. The molecule has 1 unspecified atom stereocenters. The minimum atomic E-state index is -0.214. The molecule has 0 radical (unpaired) electrons. The molecule has 3 rings (SSSR count). The second-order valence-corrected chi connectivity index (χ2v) is 7.34. The quantitative estimate of drug-likeness (QED) is 0.888. The number of benzene rings is 1. The van der Waals surface area contributed by atoms with E-state index in [-0.39, 0.29) is 17.9 Å². The topological polar surface area (TPSA) is 62.3 Å². The summed E-state index contributed by atoms with van der Waals surface area (Å²) in [6.45, 7) is 3.02. The number of likely N-dealkylation sites (tertiary alicyclic amines) is 1. The molecule has 0 saturated carbocycles. The normalized spacial score (nSPS) is 17.3. The van der Waals surface area contributed by atoms with Crippen molar-refractivity contribution in [1.82, 2.24) is 15.2 Å². The van der Waals surface area contributed by atoms with Gasteiger partial charge in [-0.25, -0.2) is 4.98 Å². The highest BCUT2D eigenvalue weighted by Gasteiger charge is 2.30. The third kappa shape index (κ3) is 4.13. The van der Waals surface area contributed by atoms with Crippen LogP contribution in [0.1, 0.15) is 27.5 Å². The van der Waals surface area contributed by atoms with Crippen molar-refractivity contribution in [3.63, 3.8) is 0 Å². The first-order valence-electron chi connectivity index (χ1n) is 7.76. The van der Waals surface area contributed by atoms with Crippen molar-refractivity contribution in [2.24, 2.45) is 0 Å². The van der Waals surface area contributed by atoms with Crippen LogP contribution in [0.3, 0.4) is 0 Å². The minimum Gasteiger partial charge on any atom is -0.346 e. The largest absolute Gasteiger partial charge is 0.346 e. The van der Waals surface area contributed by atoms with Crippen LogP contribution < -0.4 is 5.32 Å². The van der Waals surface area contributed by atoms with E-state index in [1.165, 1.54) is 11.3 Å². The monoisotopic (exact) mass is 363 g/mol. The molecule has 1 fully saturated rings. The van der Waals surface area contributed by atoms with E-state index in [1.54, 1.807) is 10.3 Å². The van der Waals surface area contributed by atoms with Gasteiger partial charge in [-0.2, -0.15) is 0 Å². The third-order valence-electron chi connectivity index (χ3n) is 3.96. The molecule has 2 heterocycles. The summed E-state index contributed by atoms with van der Waals surface area (Å²) in [6.07, 6.45) is 1.09. The average Bonchev–Trinajstić information content (AvgIpc) is 3.11. The molecule has 7 heteroatoms. The first-order valence-corrected chi connectivity index (χ1v) is 9.02. The van der Waals surface area contributed by atoms with Crippen molar-refractivity contribution in [3.05, 3.63) is 50.9 Å². The lowest BCUT2D eigenvalue weighted by atomic mass is 10.1. The predicted molar refractivity (Wildman–Crippen MR) is 94.5 cm³/mol. The Hall–Kier alpha value is -1.92. The molecule has 1 aliphatic rings. The summed E-state index contributed by atoms with van der Waals surface area (Å²) in [5.74, 6) is -0.148. The Morgan fingerprint density at radius 3 is 3.04 bits per heavy atom. The molecule has 0 aliphatic carbocycles. The number of carbonyl (C=O) groups excluding carboxylic acids is 2. The van der Waals surface area contributed by atoms with Crippen LogP contribution in [0.15, 0.2) is 29.6 Å². The summed E-state index contributed by atoms with van der Waals surface area (Å²) in [4.78, 5) is 30.2. The molecule has 0 bridgehead atoms. The molecule has 126 valence electrons. The van der Waals surface area contributed by atoms with Crippen LogP contribution in [0.5, 0.6) is 0 Å². The first kappa shape index (κ1) is 16.9. The van der Waals surface area contributed by atoms with Gasteiger partial charge >= 0.3 is 0 Å². The maximum Gasteiger partial charge on any atom is 0.271 e. The number of aryl methyl sites for hydroxylation is 1. The van der Waals surface area contributed by atoms with E-state index < -0.39 is 0 Å². The zero-order valence-corrected chi connectivity index (χ0v) is 14.9. The van der Waals surface area contributed by atoms with Crippen LogP contribution in [0.2, 0.25) is 5.02 Å². The Bertz CT molecular complexity index is 762. The number of hydrogen-bond acceptors (Lipinski definition) is 4. The maximum atomic E-state index is 12.1. The Balaban J connectivity index is 1.53. The van der Waals surface area contributed by atoms with Gasteiger partial charge < -0.3 is 10.2 Å². The van der Waals surface area contributed by atoms with Gasteiger partial charge in [-0.05, 0) is 31.0 Å². The Morgan fingerprint density at radius 1 is 1.50 bits per heavy atom. The molecule has 5 nitrogen and oxygen atoms in total. The number of nitrogens with one attached hydrogen (secondary N) is 1. The molecule has 1 aromatic heterocycles. The summed E-state index contributed by atoms with van der Waals surface area (Å²) in [5.41, 5.74) is 1.52. The van der Waals surface area contributed by atoms with Gasteiger partial charge in [0.2, 0.25) is 5.91 Å². The maximum absolute atomic E-state index is 12.1. The van der Waals surface area contributed by atoms with Gasteiger partial charge in [-0.15, -0.1) is 11.3 Å². The van der Waals surface area contributed by atoms with E-state index in [0.29, 0.717) is 30.2 Å². The average molecular weight is 364 g/mol. The van der Waals surface area contributed by atoms with Gasteiger partial charge in [0, 0.05) is 29.9 Å². The van der Waals surface area contributed by atoms with Crippen molar-refractivity contribution in [2.45, 2.75) is 25.8 Å². The fourth-order valence-electron chi connectivity index (χ4n) is 2.77. The summed E-state index contributed by atoms with van der Waals surface area (Å²) < 4.78 is 0. The van der Waals surface area contributed by atoms with E-state index >= 15 is 0 Å². The van der Waals surface area contributed by atoms with Crippen molar-refractivity contribution in [1.29, 1.82) is 0 Å². The van der Waals surface area contributed by atoms with Crippen LogP contribution in [-0.2, 0) is 11.2 Å². The molecule has 2 aromatic rings. The molecular weight excluding hydrogens is 346 g/mol. The van der Waals surface area contributed by atoms with E-state index in [2.05, 4.69) is 10.3 Å². The van der Waals surface area contributed by atoms with Gasteiger partial charge in [0.25, 0.3) is 5.91 Å². The predicted octanol–water partition coefficient (Wildman–Crippen LogP) is 2.68. The molecule has 24 heavy (non-hydrogen) atoms. The number of halogens is 1. The SMILES string of the molecule is Cc1nc(C(=O)NC2CC(=O)N(CCc3cccc(Cl)c3)C2)cs1. The smallest absolute Gasteiger partial charge is 0.271 e. The van der Waals surface area contributed by atoms with E-state index in [1.807, 2.05) is 31.2 Å². The second kappa shape index (κ2) is 7.32. The molecule has 1 N–H and O–H groups in total. The standard InChI is InChI=1S/C17H18ClN3O2S/c1-11-19-15(10-24-11)17(23)20-14-8-16(22)21(9-14)6-5-12-3-2-4-13(18)7-12/h2-4,7,10,14H,5-6,8-9H2,1H3,(H,20,23). The fraction of sp³-hybridized carbons (Fsp3) is 0.353. The lowest BCUT2D eigenvalue weighted by molar-refractivity contribution is -0.127. The van der Waals surface area contributed by atoms with Crippen LogP contribution in [0.25, 0.3) is 0 Å². The Morgan fingerprint density at radius 2 is 2.33 bits per heavy atom.